The van der Waals surface area contributed by atoms with Gasteiger partial charge in [0.1, 0.15) is 18.9 Å². The molecule has 0 atom stereocenters. The van der Waals surface area contributed by atoms with Gasteiger partial charge in [-0.1, -0.05) is 64.8 Å². The maximum atomic E-state index is 13.1. The van der Waals surface area contributed by atoms with E-state index in [2.05, 4.69) is 21.2 Å². The van der Waals surface area contributed by atoms with E-state index in [-0.39, 0.29) is 27.8 Å². The molecule has 0 spiro atoms. The summed E-state index contributed by atoms with van der Waals surface area (Å²) in [4.78, 5) is 51.7. The lowest BCUT2D eigenvalue weighted by atomic mass is 10.1. The Balaban J connectivity index is 1.45. The lowest BCUT2D eigenvalue weighted by Crippen LogP contribution is -2.36. The van der Waals surface area contributed by atoms with Gasteiger partial charge in [-0.3, -0.25) is 19.3 Å². The first-order chi connectivity index (χ1) is 19.2. The monoisotopic (exact) mass is 642 g/mol. The molecule has 0 unspecified atom stereocenters. The first kappa shape index (κ1) is 29.4. The highest BCUT2D eigenvalue weighted by Crippen LogP contribution is 2.35. The topological polar surface area (TPSA) is 102 Å². The van der Waals surface area contributed by atoms with Gasteiger partial charge in [-0.15, -0.1) is 0 Å². The zero-order valence-corrected chi connectivity index (χ0v) is 24.5. The van der Waals surface area contributed by atoms with E-state index in [0.717, 1.165) is 26.7 Å². The summed E-state index contributed by atoms with van der Waals surface area (Å²) in [5.41, 5.74) is 1.95. The Labute approximate surface area is 248 Å². The molecular weight excluding hydrogens is 620 g/mol. The number of rotatable bonds is 10. The molecule has 4 rings (SSSR count). The van der Waals surface area contributed by atoms with Crippen LogP contribution in [0.2, 0.25) is 5.02 Å². The maximum absolute atomic E-state index is 13.1. The number of imide groups is 1. The van der Waals surface area contributed by atoms with Crippen LogP contribution in [0.25, 0.3) is 6.08 Å². The molecule has 0 radical (unpaired) electrons. The van der Waals surface area contributed by atoms with Crippen molar-refractivity contribution in [3.63, 3.8) is 0 Å². The molecule has 0 bridgehead atoms. The second-order valence-electron chi connectivity index (χ2n) is 8.60. The lowest BCUT2D eigenvalue weighted by Gasteiger charge is -2.13. The third kappa shape index (κ3) is 7.53. The summed E-state index contributed by atoms with van der Waals surface area (Å²) in [6.07, 6.45) is 2.22. The Bertz CT molecular complexity index is 1480. The van der Waals surface area contributed by atoms with Crippen LogP contribution in [0.4, 0.5) is 10.5 Å². The fourth-order valence-corrected chi connectivity index (χ4v) is 5.06. The van der Waals surface area contributed by atoms with Gasteiger partial charge < -0.3 is 14.8 Å². The number of nitrogens with zero attached hydrogens (tertiary/aromatic N) is 1. The normalized spacial score (nSPS) is 14.0. The van der Waals surface area contributed by atoms with Crippen molar-refractivity contribution in [2.45, 2.75) is 20.0 Å². The molecular formula is C29H24BrClN2O6S. The number of benzene rings is 3. The van der Waals surface area contributed by atoms with Crippen LogP contribution in [0, 0.1) is 0 Å². The van der Waals surface area contributed by atoms with Crippen LogP contribution in [-0.2, 0) is 20.9 Å². The highest BCUT2D eigenvalue weighted by atomic mass is 79.9. The van der Waals surface area contributed by atoms with Crippen molar-refractivity contribution in [3.8, 4) is 5.75 Å². The van der Waals surface area contributed by atoms with Crippen LogP contribution in [0.5, 0.6) is 5.75 Å². The lowest BCUT2D eigenvalue weighted by molar-refractivity contribution is -0.127. The number of esters is 1. The van der Waals surface area contributed by atoms with Crippen LogP contribution < -0.4 is 10.1 Å². The van der Waals surface area contributed by atoms with Crippen molar-refractivity contribution in [1.82, 2.24) is 4.90 Å². The van der Waals surface area contributed by atoms with E-state index < -0.39 is 29.6 Å². The first-order valence-electron chi connectivity index (χ1n) is 12.2. The Hall–Kier alpha value is -3.60. The zero-order chi connectivity index (χ0) is 28.6. The number of ether oxygens (including phenoxy) is 2. The number of anilines is 1. The number of carbonyl (C=O) groups is 4. The summed E-state index contributed by atoms with van der Waals surface area (Å²) in [5.74, 6) is -1.29. The van der Waals surface area contributed by atoms with Gasteiger partial charge in [0.15, 0.2) is 0 Å². The fourth-order valence-electron chi connectivity index (χ4n) is 3.65. The number of hydrogen-bond donors (Lipinski definition) is 1. The molecule has 3 aromatic carbocycles. The maximum Gasteiger partial charge on any atom is 0.339 e. The van der Waals surface area contributed by atoms with Gasteiger partial charge in [0.05, 0.1) is 22.1 Å². The number of nitrogens with one attached hydrogen (secondary N) is 1. The average molecular weight is 644 g/mol. The van der Waals surface area contributed by atoms with Crippen LogP contribution >= 0.6 is 39.3 Å². The van der Waals surface area contributed by atoms with Gasteiger partial charge >= 0.3 is 5.97 Å². The van der Waals surface area contributed by atoms with Gasteiger partial charge in [0.25, 0.3) is 11.1 Å². The third-order valence-corrected chi connectivity index (χ3v) is 7.31. The third-order valence-electron chi connectivity index (χ3n) is 5.58. The molecule has 0 aliphatic carbocycles. The largest absolute Gasteiger partial charge is 0.488 e. The summed E-state index contributed by atoms with van der Waals surface area (Å²) < 4.78 is 11.9. The zero-order valence-electron chi connectivity index (χ0n) is 21.3. The van der Waals surface area contributed by atoms with Crippen LogP contribution in [0.15, 0.2) is 76.1 Å². The molecule has 0 aromatic heterocycles. The fraction of sp³-hybridized carbons (Fsp3) is 0.172. The van der Waals surface area contributed by atoms with Crippen molar-refractivity contribution in [2.24, 2.45) is 0 Å². The van der Waals surface area contributed by atoms with E-state index in [1.165, 1.54) is 18.2 Å². The van der Waals surface area contributed by atoms with Crippen molar-refractivity contribution >= 4 is 74.1 Å². The van der Waals surface area contributed by atoms with Gasteiger partial charge in [-0.25, -0.2) is 4.79 Å². The molecule has 40 heavy (non-hydrogen) atoms. The minimum absolute atomic E-state index is 0.0985. The van der Waals surface area contributed by atoms with E-state index in [0.29, 0.717) is 24.3 Å². The van der Waals surface area contributed by atoms with E-state index in [1.54, 1.807) is 18.2 Å². The van der Waals surface area contributed by atoms with Gasteiger partial charge in [-0.2, -0.15) is 0 Å². The molecule has 206 valence electrons. The number of halogens is 2. The van der Waals surface area contributed by atoms with E-state index in [9.17, 15) is 19.2 Å². The molecule has 1 aliphatic rings. The summed E-state index contributed by atoms with van der Waals surface area (Å²) in [6.45, 7) is 1.92. The molecule has 8 nitrogen and oxygen atoms in total. The predicted molar refractivity (Wildman–Crippen MR) is 158 cm³/mol. The SMILES string of the molecule is CCCOC(=O)c1cc(NC(=O)CN2C(=O)S/C(=C\c3cc(Br)ccc3OCc3ccccc3)C2=O)ccc1Cl. The summed E-state index contributed by atoms with van der Waals surface area (Å²) in [5, 5.41) is 2.20. The second-order valence-corrected chi connectivity index (χ2v) is 10.9. The second kappa shape index (κ2) is 13.6. The molecule has 1 N–H and O–H groups in total. The minimum Gasteiger partial charge on any atom is -0.488 e. The number of amides is 3. The molecule has 1 fully saturated rings. The summed E-state index contributed by atoms with van der Waals surface area (Å²) >= 11 is 10.3. The highest BCUT2D eigenvalue weighted by molar-refractivity contribution is 9.10. The number of thioether (sulfide) groups is 1. The van der Waals surface area contributed by atoms with Crippen molar-refractivity contribution in [2.75, 3.05) is 18.5 Å². The Morgan fingerprint density at radius 1 is 1.07 bits per heavy atom. The molecule has 11 heteroatoms. The summed E-state index contributed by atoms with van der Waals surface area (Å²) in [7, 11) is 0. The standard InChI is InChI=1S/C29H24BrClN2O6S/c1-2-12-38-28(36)22-15-21(9-10-23(22)31)32-26(34)16-33-27(35)25(40-29(33)37)14-19-13-20(30)8-11-24(19)39-17-18-6-4-3-5-7-18/h3-11,13-15H,2,12,16-17H2,1H3,(H,32,34)/b25-14-. The van der Waals surface area contributed by atoms with E-state index in [1.807, 2.05) is 43.3 Å². The predicted octanol–water partition coefficient (Wildman–Crippen LogP) is 6.92. The number of carbonyl (C=O) groups excluding carboxylic acids is 4. The van der Waals surface area contributed by atoms with Crippen molar-refractivity contribution < 1.29 is 28.7 Å². The van der Waals surface area contributed by atoms with Crippen LogP contribution in [0.1, 0.15) is 34.8 Å². The molecule has 1 heterocycles. The van der Waals surface area contributed by atoms with Crippen LogP contribution in [-0.4, -0.2) is 41.1 Å². The first-order valence-corrected chi connectivity index (χ1v) is 14.2. The van der Waals surface area contributed by atoms with Crippen molar-refractivity contribution in [3.05, 3.63) is 97.8 Å². The number of hydrogen-bond acceptors (Lipinski definition) is 7. The highest BCUT2D eigenvalue weighted by Gasteiger charge is 2.36. The molecule has 1 saturated heterocycles. The van der Waals surface area contributed by atoms with E-state index >= 15 is 0 Å². The molecule has 1 aliphatic heterocycles. The smallest absolute Gasteiger partial charge is 0.339 e. The van der Waals surface area contributed by atoms with Gasteiger partial charge in [0, 0.05) is 15.7 Å². The molecule has 3 aromatic rings. The van der Waals surface area contributed by atoms with Gasteiger partial charge in [-0.05, 0) is 66.2 Å². The van der Waals surface area contributed by atoms with Gasteiger partial charge in [0.2, 0.25) is 5.91 Å². The Kier molecular flexibility index (Phi) is 10.0. The Morgan fingerprint density at radius 3 is 2.60 bits per heavy atom. The van der Waals surface area contributed by atoms with Crippen LogP contribution in [0.3, 0.4) is 0 Å². The quantitative estimate of drug-likeness (QED) is 0.189. The van der Waals surface area contributed by atoms with E-state index in [4.69, 9.17) is 21.1 Å². The van der Waals surface area contributed by atoms with Crippen molar-refractivity contribution in [1.29, 1.82) is 0 Å². The molecule has 3 amide bonds. The average Bonchev–Trinajstić information content (AvgIpc) is 3.20. The Morgan fingerprint density at radius 2 is 1.85 bits per heavy atom. The summed E-state index contributed by atoms with van der Waals surface area (Å²) in [6, 6.07) is 19.4. The minimum atomic E-state index is -0.618. The molecule has 0 saturated carbocycles.